The number of carbonyl (C=O) groups is 1. The van der Waals surface area contributed by atoms with Gasteiger partial charge in [0.2, 0.25) is 5.91 Å². The summed E-state index contributed by atoms with van der Waals surface area (Å²) in [6.07, 6.45) is 3.18. The average molecular weight is 443 g/mol. The van der Waals surface area contributed by atoms with Crippen LogP contribution < -0.4 is 5.32 Å². The number of amides is 1. The van der Waals surface area contributed by atoms with E-state index in [4.69, 9.17) is 0 Å². The molecule has 1 amide bonds. The molecule has 0 bridgehead atoms. The molecular formula is C17H19BrN2O3S2. The van der Waals surface area contributed by atoms with Crippen molar-refractivity contribution in [1.82, 2.24) is 4.98 Å². The summed E-state index contributed by atoms with van der Waals surface area (Å²) < 4.78 is 25.5. The molecule has 0 spiro atoms. The van der Waals surface area contributed by atoms with Gasteiger partial charge >= 0.3 is 0 Å². The minimum atomic E-state index is -3.38. The van der Waals surface area contributed by atoms with Crippen molar-refractivity contribution in [2.24, 2.45) is 0 Å². The molecule has 1 aromatic heterocycles. The van der Waals surface area contributed by atoms with Crippen LogP contribution in [0, 0.1) is 6.92 Å². The summed E-state index contributed by atoms with van der Waals surface area (Å²) in [6, 6.07) is 7.76. The summed E-state index contributed by atoms with van der Waals surface area (Å²) in [4.78, 5) is 17.6. The van der Waals surface area contributed by atoms with Gasteiger partial charge in [-0.2, -0.15) is 0 Å². The topological polar surface area (TPSA) is 76.1 Å². The van der Waals surface area contributed by atoms with Gasteiger partial charge in [-0.15, -0.1) is 11.3 Å². The summed E-state index contributed by atoms with van der Waals surface area (Å²) in [5.41, 5.74) is 1.75. The van der Waals surface area contributed by atoms with Crippen molar-refractivity contribution in [2.45, 2.75) is 37.9 Å². The van der Waals surface area contributed by atoms with E-state index in [1.807, 2.05) is 31.2 Å². The molecule has 134 valence electrons. The van der Waals surface area contributed by atoms with Crippen LogP contribution in [-0.2, 0) is 14.6 Å². The molecular weight excluding hydrogens is 424 g/mol. The molecule has 0 atom stereocenters. The number of rotatable bonds is 5. The van der Waals surface area contributed by atoms with Crippen molar-refractivity contribution in [1.29, 1.82) is 0 Å². The van der Waals surface area contributed by atoms with E-state index in [9.17, 15) is 13.2 Å². The molecule has 3 rings (SSSR count). The second-order valence-corrected chi connectivity index (χ2v) is 10.6. The van der Waals surface area contributed by atoms with Gasteiger partial charge in [-0.3, -0.25) is 4.79 Å². The standard InChI is InChI=1S/C17H19BrN2O3S2/c1-11-16(12-6-8-13(18)9-7-12)20-17(24-11)19-15(21)10-25(22,23)14-4-2-3-5-14/h6-9,14H,2-5,10H2,1H3,(H,19,20,21). The van der Waals surface area contributed by atoms with Crippen LogP contribution in [-0.4, -0.2) is 30.3 Å². The Kier molecular flexibility index (Phi) is 5.60. The second-order valence-electron chi connectivity index (χ2n) is 6.19. The molecule has 1 aromatic carbocycles. The van der Waals surface area contributed by atoms with Gasteiger partial charge in [0.15, 0.2) is 15.0 Å². The van der Waals surface area contributed by atoms with Gasteiger partial charge in [-0.05, 0) is 31.9 Å². The number of anilines is 1. The van der Waals surface area contributed by atoms with Crippen molar-refractivity contribution in [3.8, 4) is 11.3 Å². The fourth-order valence-corrected chi connectivity index (χ4v) is 5.87. The van der Waals surface area contributed by atoms with Crippen LogP contribution in [0.25, 0.3) is 11.3 Å². The SMILES string of the molecule is Cc1sc(NC(=O)CS(=O)(=O)C2CCCC2)nc1-c1ccc(Br)cc1. The van der Waals surface area contributed by atoms with E-state index in [2.05, 4.69) is 26.2 Å². The number of halogens is 1. The first-order chi connectivity index (χ1) is 11.8. The van der Waals surface area contributed by atoms with Gasteiger partial charge in [0.25, 0.3) is 0 Å². The van der Waals surface area contributed by atoms with E-state index in [-0.39, 0.29) is 5.25 Å². The summed E-state index contributed by atoms with van der Waals surface area (Å²) in [6.45, 7) is 1.93. The summed E-state index contributed by atoms with van der Waals surface area (Å²) in [7, 11) is -3.38. The van der Waals surface area contributed by atoms with Gasteiger partial charge in [0, 0.05) is 14.9 Å². The molecule has 2 aromatic rings. The molecule has 0 aliphatic heterocycles. The first-order valence-corrected chi connectivity index (χ1v) is 11.4. The minimum Gasteiger partial charge on any atom is -0.301 e. The number of sulfone groups is 1. The van der Waals surface area contributed by atoms with Crippen LogP contribution in [0.4, 0.5) is 5.13 Å². The molecule has 1 heterocycles. The highest BCUT2D eigenvalue weighted by Gasteiger charge is 2.30. The molecule has 0 radical (unpaired) electrons. The van der Waals surface area contributed by atoms with E-state index in [0.29, 0.717) is 18.0 Å². The molecule has 8 heteroatoms. The largest absolute Gasteiger partial charge is 0.301 e. The molecule has 1 N–H and O–H groups in total. The quantitative estimate of drug-likeness (QED) is 0.753. The Morgan fingerprint density at radius 1 is 1.28 bits per heavy atom. The fraction of sp³-hybridized carbons (Fsp3) is 0.412. The summed E-state index contributed by atoms with van der Waals surface area (Å²) in [5.74, 6) is -0.979. The number of benzene rings is 1. The molecule has 0 saturated heterocycles. The third kappa shape index (κ3) is 4.48. The number of nitrogens with one attached hydrogen (secondary N) is 1. The zero-order valence-electron chi connectivity index (χ0n) is 13.8. The van der Waals surface area contributed by atoms with Gasteiger partial charge < -0.3 is 5.32 Å². The van der Waals surface area contributed by atoms with Crippen LogP contribution in [0.15, 0.2) is 28.7 Å². The number of aromatic nitrogens is 1. The van der Waals surface area contributed by atoms with Crippen LogP contribution in [0.2, 0.25) is 0 Å². The van der Waals surface area contributed by atoms with Gasteiger partial charge in [0.1, 0.15) is 5.75 Å². The van der Waals surface area contributed by atoms with Crippen LogP contribution in [0.5, 0.6) is 0 Å². The Morgan fingerprint density at radius 2 is 1.92 bits per heavy atom. The summed E-state index contributed by atoms with van der Waals surface area (Å²) >= 11 is 4.75. The normalized spacial score (nSPS) is 15.4. The number of hydrogen-bond donors (Lipinski definition) is 1. The van der Waals surface area contributed by atoms with E-state index in [0.717, 1.165) is 33.4 Å². The predicted octanol–water partition coefficient (Wildman–Crippen LogP) is 4.18. The smallest absolute Gasteiger partial charge is 0.241 e. The van der Waals surface area contributed by atoms with E-state index in [1.54, 1.807) is 0 Å². The zero-order valence-corrected chi connectivity index (χ0v) is 17.0. The minimum absolute atomic E-state index is 0.366. The number of carbonyl (C=O) groups excluding carboxylic acids is 1. The van der Waals surface area contributed by atoms with Gasteiger partial charge in [0.05, 0.1) is 10.9 Å². The van der Waals surface area contributed by atoms with Crippen molar-refractivity contribution in [2.75, 3.05) is 11.1 Å². The lowest BCUT2D eigenvalue weighted by molar-refractivity contribution is -0.113. The van der Waals surface area contributed by atoms with E-state index < -0.39 is 21.5 Å². The zero-order chi connectivity index (χ0) is 18.0. The molecule has 25 heavy (non-hydrogen) atoms. The van der Waals surface area contributed by atoms with Gasteiger partial charge in [-0.25, -0.2) is 13.4 Å². The molecule has 1 fully saturated rings. The second kappa shape index (κ2) is 7.55. The van der Waals surface area contributed by atoms with Crippen LogP contribution in [0.1, 0.15) is 30.6 Å². The molecule has 1 aliphatic carbocycles. The highest BCUT2D eigenvalue weighted by molar-refractivity contribution is 9.10. The third-order valence-electron chi connectivity index (χ3n) is 4.30. The Hall–Kier alpha value is -1.25. The number of thiazole rings is 1. The fourth-order valence-electron chi connectivity index (χ4n) is 3.03. The summed E-state index contributed by atoms with van der Waals surface area (Å²) in [5, 5.41) is 2.71. The number of hydrogen-bond acceptors (Lipinski definition) is 5. The first kappa shape index (κ1) is 18.5. The van der Waals surface area contributed by atoms with Crippen LogP contribution in [0.3, 0.4) is 0 Å². The molecule has 5 nitrogen and oxygen atoms in total. The van der Waals surface area contributed by atoms with Crippen molar-refractivity contribution < 1.29 is 13.2 Å². The van der Waals surface area contributed by atoms with Crippen LogP contribution >= 0.6 is 27.3 Å². The third-order valence-corrected chi connectivity index (χ3v) is 7.87. The number of aryl methyl sites for hydroxylation is 1. The lowest BCUT2D eigenvalue weighted by Gasteiger charge is -2.10. The molecule has 1 saturated carbocycles. The maximum Gasteiger partial charge on any atom is 0.241 e. The van der Waals surface area contributed by atoms with E-state index in [1.165, 1.54) is 11.3 Å². The lowest BCUT2D eigenvalue weighted by Crippen LogP contribution is -2.29. The van der Waals surface area contributed by atoms with Crippen molar-refractivity contribution in [3.63, 3.8) is 0 Å². The predicted molar refractivity (Wildman–Crippen MR) is 105 cm³/mol. The van der Waals surface area contributed by atoms with Crippen molar-refractivity contribution in [3.05, 3.63) is 33.6 Å². The Balaban J connectivity index is 1.70. The van der Waals surface area contributed by atoms with E-state index >= 15 is 0 Å². The lowest BCUT2D eigenvalue weighted by atomic mass is 10.1. The highest BCUT2D eigenvalue weighted by Crippen LogP contribution is 2.31. The first-order valence-electron chi connectivity index (χ1n) is 8.10. The monoisotopic (exact) mass is 442 g/mol. The molecule has 1 aliphatic rings. The molecule has 0 unspecified atom stereocenters. The van der Waals surface area contributed by atoms with Gasteiger partial charge in [-0.1, -0.05) is 40.9 Å². The Bertz CT molecular complexity index is 870. The average Bonchev–Trinajstić information content (AvgIpc) is 3.18. The maximum atomic E-state index is 12.3. The highest BCUT2D eigenvalue weighted by atomic mass is 79.9. The maximum absolute atomic E-state index is 12.3. The van der Waals surface area contributed by atoms with Crippen molar-refractivity contribution >= 4 is 48.1 Å². The number of nitrogens with zero attached hydrogens (tertiary/aromatic N) is 1. The Morgan fingerprint density at radius 3 is 2.56 bits per heavy atom. The Labute approximate surface area is 159 Å².